The standard InChI is InChI=1S/C15H14ClN3O2S/c16-10-3-4-12-11(7-10)18-14(21-12)22-8-13(20)19-15(9-17)5-1-2-6-15/h3-4,7H,1-2,5-6,8H2,(H,19,20). The van der Waals surface area contributed by atoms with E-state index in [4.69, 9.17) is 16.0 Å². The number of nitrogens with one attached hydrogen (secondary N) is 1. The number of fused-ring (bicyclic) bond motifs is 1. The number of oxazole rings is 1. The number of halogens is 1. The minimum Gasteiger partial charge on any atom is -0.431 e. The second-order valence-corrected chi connectivity index (χ2v) is 6.69. The van der Waals surface area contributed by atoms with Crippen LogP contribution in [0.3, 0.4) is 0 Å². The van der Waals surface area contributed by atoms with Gasteiger partial charge in [0.1, 0.15) is 11.1 Å². The van der Waals surface area contributed by atoms with Crippen LogP contribution in [-0.2, 0) is 4.79 Å². The maximum absolute atomic E-state index is 12.0. The number of nitrogens with zero attached hydrogens (tertiary/aromatic N) is 2. The Balaban J connectivity index is 1.61. The Morgan fingerprint density at radius 2 is 2.27 bits per heavy atom. The summed E-state index contributed by atoms with van der Waals surface area (Å²) in [6.45, 7) is 0. The molecule has 0 saturated heterocycles. The van der Waals surface area contributed by atoms with Crippen molar-refractivity contribution in [2.75, 3.05) is 5.75 Å². The molecule has 7 heteroatoms. The van der Waals surface area contributed by atoms with Gasteiger partial charge in [-0.25, -0.2) is 4.98 Å². The normalized spacial score (nSPS) is 16.5. The molecule has 1 saturated carbocycles. The third-order valence-electron chi connectivity index (χ3n) is 3.71. The van der Waals surface area contributed by atoms with Gasteiger partial charge in [0.2, 0.25) is 5.91 Å². The first-order valence-electron chi connectivity index (χ1n) is 7.01. The van der Waals surface area contributed by atoms with Crippen LogP contribution in [0.2, 0.25) is 5.02 Å². The van der Waals surface area contributed by atoms with Gasteiger partial charge >= 0.3 is 0 Å². The first kappa shape index (κ1) is 15.2. The molecule has 0 spiro atoms. The van der Waals surface area contributed by atoms with Gasteiger partial charge in [0.15, 0.2) is 5.58 Å². The van der Waals surface area contributed by atoms with E-state index in [1.54, 1.807) is 18.2 Å². The molecule has 5 nitrogen and oxygen atoms in total. The number of aromatic nitrogens is 1. The highest BCUT2D eigenvalue weighted by atomic mass is 35.5. The van der Waals surface area contributed by atoms with E-state index >= 15 is 0 Å². The average molecular weight is 336 g/mol. The molecule has 0 unspecified atom stereocenters. The van der Waals surface area contributed by atoms with Crippen molar-refractivity contribution in [1.82, 2.24) is 10.3 Å². The van der Waals surface area contributed by atoms with E-state index < -0.39 is 5.54 Å². The maximum atomic E-state index is 12.0. The number of hydrogen-bond acceptors (Lipinski definition) is 5. The van der Waals surface area contributed by atoms with E-state index in [0.717, 1.165) is 25.7 Å². The molecular weight excluding hydrogens is 322 g/mol. The Morgan fingerprint density at radius 1 is 1.50 bits per heavy atom. The molecule has 1 aromatic carbocycles. The molecule has 0 radical (unpaired) electrons. The fourth-order valence-corrected chi connectivity index (χ4v) is 3.42. The van der Waals surface area contributed by atoms with Crippen molar-refractivity contribution in [3.05, 3.63) is 23.2 Å². The predicted molar refractivity (Wildman–Crippen MR) is 84.7 cm³/mol. The van der Waals surface area contributed by atoms with E-state index in [1.165, 1.54) is 11.8 Å². The monoisotopic (exact) mass is 335 g/mol. The van der Waals surface area contributed by atoms with Crippen molar-refractivity contribution in [3.8, 4) is 6.07 Å². The Bertz CT molecular complexity index is 747. The third-order valence-corrected chi connectivity index (χ3v) is 4.77. The summed E-state index contributed by atoms with van der Waals surface area (Å²) in [5, 5.41) is 13.1. The quantitative estimate of drug-likeness (QED) is 0.865. The lowest BCUT2D eigenvalue weighted by atomic mass is 10.0. The highest BCUT2D eigenvalue weighted by molar-refractivity contribution is 7.99. The topological polar surface area (TPSA) is 78.9 Å². The molecule has 2 aromatic rings. The second-order valence-electron chi connectivity index (χ2n) is 5.33. The molecule has 3 rings (SSSR count). The van der Waals surface area contributed by atoms with E-state index in [1.807, 2.05) is 0 Å². The highest BCUT2D eigenvalue weighted by Gasteiger charge is 2.35. The summed E-state index contributed by atoms with van der Waals surface area (Å²) in [7, 11) is 0. The van der Waals surface area contributed by atoms with Crippen molar-refractivity contribution in [2.24, 2.45) is 0 Å². The van der Waals surface area contributed by atoms with Crippen LogP contribution in [0.5, 0.6) is 0 Å². The van der Waals surface area contributed by atoms with Crippen molar-refractivity contribution in [2.45, 2.75) is 36.4 Å². The predicted octanol–water partition coefficient (Wildman–Crippen LogP) is 3.53. The molecule has 114 valence electrons. The lowest BCUT2D eigenvalue weighted by molar-refractivity contribution is -0.119. The number of hydrogen-bond donors (Lipinski definition) is 1. The van der Waals surface area contributed by atoms with Crippen LogP contribution in [-0.4, -0.2) is 22.2 Å². The SMILES string of the molecule is N#CC1(NC(=O)CSc2nc3cc(Cl)ccc3o2)CCCC1. The molecule has 0 aliphatic heterocycles. The van der Waals surface area contributed by atoms with Crippen molar-refractivity contribution in [1.29, 1.82) is 5.26 Å². The first-order valence-corrected chi connectivity index (χ1v) is 8.38. The van der Waals surface area contributed by atoms with E-state index in [9.17, 15) is 10.1 Å². The van der Waals surface area contributed by atoms with Gasteiger partial charge in [-0.3, -0.25) is 4.79 Å². The molecule has 0 bridgehead atoms. The van der Waals surface area contributed by atoms with Gasteiger partial charge < -0.3 is 9.73 Å². The number of carbonyl (C=O) groups is 1. The smallest absolute Gasteiger partial charge is 0.257 e. The average Bonchev–Trinajstić information content (AvgIpc) is 3.11. The zero-order chi connectivity index (χ0) is 15.6. The summed E-state index contributed by atoms with van der Waals surface area (Å²) < 4.78 is 5.54. The number of thioether (sulfide) groups is 1. The largest absolute Gasteiger partial charge is 0.431 e. The zero-order valence-corrected chi connectivity index (χ0v) is 13.3. The summed E-state index contributed by atoms with van der Waals surface area (Å²) in [6, 6.07) is 7.43. The number of carbonyl (C=O) groups excluding carboxylic acids is 1. The van der Waals surface area contributed by atoms with Crippen LogP contribution in [0.25, 0.3) is 11.1 Å². The molecule has 1 aliphatic rings. The molecule has 1 amide bonds. The minimum atomic E-state index is -0.688. The van der Waals surface area contributed by atoms with Crippen molar-refractivity contribution >= 4 is 40.4 Å². The van der Waals surface area contributed by atoms with Gasteiger partial charge in [0.05, 0.1) is 11.8 Å². The Morgan fingerprint density at radius 3 is 3.00 bits per heavy atom. The van der Waals surface area contributed by atoms with Crippen LogP contribution in [0.4, 0.5) is 0 Å². The molecule has 1 fully saturated rings. The van der Waals surface area contributed by atoms with E-state index in [2.05, 4.69) is 16.4 Å². The van der Waals surface area contributed by atoms with Crippen LogP contribution in [0, 0.1) is 11.3 Å². The van der Waals surface area contributed by atoms with E-state index in [-0.39, 0.29) is 11.7 Å². The number of benzene rings is 1. The summed E-state index contributed by atoms with van der Waals surface area (Å²) in [5.41, 5.74) is 0.614. The summed E-state index contributed by atoms with van der Waals surface area (Å²) in [4.78, 5) is 16.3. The van der Waals surface area contributed by atoms with Crippen LogP contribution < -0.4 is 5.32 Å². The van der Waals surface area contributed by atoms with Crippen LogP contribution in [0.1, 0.15) is 25.7 Å². The first-order chi connectivity index (χ1) is 10.6. The third kappa shape index (κ3) is 3.21. The van der Waals surface area contributed by atoms with Crippen LogP contribution >= 0.6 is 23.4 Å². The summed E-state index contributed by atoms with van der Waals surface area (Å²) in [6.07, 6.45) is 3.41. The zero-order valence-electron chi connectivity index (χ0n) is 11.8. The summed E-state index contributed by atoms with van der Waals surface area (Å²) >= 11 is 7.11. The van der Waals surface area contributed by atoms with Gasteiger partial charge in [-0.05, 0) is 43.9 Å². The van der Waals surface area contributed by atoms with Gasteiger partial charge in [0.25, 0.3) is 5.22 Å². The molecule has 1 aromatic heterocycles. The van der Waals surface area contributed by atoms with Crippen molar-refractivity contribution in [3.63, 3.8) is 0 Å². The van der Waals surface area contributed by atoms with E-state index in [0.29, 0.717) is 21.3 Å². The summed E-state index contributed by atoms with van der Waals surface area (Å²) in [5.74, 6) is -0.00185. The number of nitriles is 1. The second kappa shape index (κ2) is 6.19. The maximum Gasteiger partial charge on any atom is 0.257 e. The van der Waals surface area contributed by atoms with Gasteiger partial charge in [-0.1, -0.05) is 23.4 Å². The Kier molecular flexibility index (Phi) is 4.27. The molecule has 1 aliphatic carbocycles. The molecule has 1 N–H and O–H groups in total. The molecule has 1 heterocycles. The number of amides is 1. The highest BCUT2D eigenvalue weighted by Crippen LogP contribution is 2.29. The van der Waals surface area contributed by atoms with Crippen LogP contribution in [0.15, 0.2) is 27.8 Å². The Labute approximate surface area is 137 Å². The fraction of sp³-hybridized carbons (Fsp3) is 0.400. The van der Waals surface area contributed by atoms with Gasteiger partial charge in [-0.15, -0.1) is 0 Å². The molecule has 22 heavy (non-hydrogen) atoms. The minimum absolute atomic E-state index is 0.171. The number of rotatable bonds is 4. The Hall–Kier alpha value is -1.71. The molecular formula is C15H14ClN3O2S. The molecule has 0 atom stereocenters. The fourth-order valence-electron chi connectivity index (χ4n) is 2.61. The van der Waals surface area contributed by atoms with Gasteiger partial charge in [-0.2, -0.15) is 5.26 Å². The van der Waals surface area contributed by atoms with Crippen molar-refractivity contribution < 1.29 is 9.21 Å². The lowest BCUT2D eigenvalue weighted by Gasteiger charge is -2.21. The van der Waals surface area contributed by atoms with Gasteiger partial charge in [0, 0.05) is 5.02 Å². The lowest BCUT2D eigenvalue weighted by Crippen LogP contribution is -2.45.